The van der Waals surface area contributed by atoms with E-state index in [0.717, 1.165) is 6.07 Å². The molecule has 0 saturated carbocycles. The molecule has 1 aliphatic heterocycles. The maximum absolute atomic E-state index is 13.1. The van der Waals surface area contributed by atoms with Gasteiger partial charge in [-0.3, -0.25) is 4.79 Å². The summed E-state index contributed by atoms with van der Waals surface area (Å²) in [7, 11) is 0. The minimum Gasteiger partial charge on any atom is -0.488 e. The average molecular weight is 267 g/mol. The first-order chi connectivity index (χ1) is 9.10. The molecule has 0 aromatic heterocycles. The third-order valence-corrected chi connectivity index (χ3v) is 3.04. The number of ether oxygens (including phenoxy) is 1. The number of aldehydes is 1. The van der Waals surface area contributed by atoms with Crippen molar-refractivity contribution >= 4 is 12.4 Å². The molecule has 1 aliphatic rings. The normalized spacial score (nSPS) is 19.0. The maximum Gasteiger partial charge on any atom is 0.407 e. The molecule has 1 aromatic carbocycles. The Bertz CT molecular complexity index is 492. The Hall–Kier alpha value is -2.11. The molecule has 1 N–H and O–H groups in total. The molecule has 1 heterocycles. The van der Waals surface area contributed by atoms with Gasteiger partial charge in [0.15, 0.2) is 6.29 Å². The number of hydrogen-bond donors (Lipinski definition) is 1. The molecule has 5 nitrogen and oxygen atoms in total. The Morgan fingerprint density at radius 1 is 1.53 bits per heavy atom. The van der Waals surface area contributed by atoms with Crippen molar-refractivity contribution in [1.82, 2.24) is 4.90 Å². The van der Waals surface area contributed by atoms with Crippen molar-refractivity contribution in [1.29, 1.82) is 0 Å². The van der Waals surface area contributed by atoms with Crippen LogP contribution in [0.25, 0.3) is 0 Å². The van der Waals surface area contributed by atoms with Gasteiger partial charge in [0.2, 0.25) is 0 Å². The highest BCUT2D eigenvalue weighted by Crippen LogP contribution is 2.23. The van der Waals surface area contributed by atoms with E-state index in [-0.39, 0.29) is 24.0 Å². The van der Waals surface area contributed by atoms with Crippen LogP contribution in [0.1, 0.15) is 23.2 Å². The molecule has 6 heteroatoms. The van der Waals surface area contributed by atoms with Crippen molar-refractivity contribution in [2.24, 2.45) is 0 Å². The highest BCUT2D eigenvalue weighted by molar-refractivity contribution is 5.79. The zero-order chi connectivity index (χ0) is 13.8. The van der Waals surface area contributed by atoms with E-state index in [4.69, 9.17) is 9.84 Å². The van der Waals surface area contributed by atoms with Crippen molar-refractivity contribution in [3.63, 3.8) is 0 Å². The first-order valence-corrected chi connectivity index (χ1v) is 5.99. The fourth-order valence-corrected chi connectivity index (χ4v) is 2.10. The van der Waals surface area contributed by atoms with E-state index in [1.165, 1.54) is 17.0 Å². The predicted octanol–water partition coefficient (Wildman–Crippen LogP) is 2.16. The van der Waals surface area contributed by atoms with Crippen molar-refractivity contribution < 1.29 is 23.8 Å². The number of carbonyl (C=O) groups is 2. The second-order valence-corrected chi connectivity index (χ2v) is 4.41. The third kappa shape index (κ3) is 3.21. The van der Waals surface area contributed by atoms with E-state index in [0.29, 0.717) is 25.7 Å². The molecule has 0 radical (unpaired) electrons. The number of piperidine rings is 1. The molecule has 1 fully saturated rings. The van der Waals surface area contributed by atoms with Crippen LogP contribution < -0.4 is 4.74 Å². The summed E-state index contributed by atoms with van der Waals surface area (Å²) >= 11 is 0. The van der Waals surface area contributed by atoms with E-state index in [9.17, 15) is 14.0 Å². The Morgan fingerprint density at radius 3 is 3.00 bits per heavy atom. The molecule has 0 spiro atoms. The smallest absolute Gasteiger partial charge is 0.407 e. The molecule has 1 saturated heterocycles. The monoisotopic (exact) mass is 267 g/mol. The van der Waals surface area contributed by atoms with Gasteiger partial charge in [-0.05, 0) is 25.0 Å². The van der Waals surface area contributed by atoms with E-state index in [1.807, 2.05) is 0 Å². The van der Waals surface area contributed by atoms with E-state index >= 15 is 0 Å². The van der Waals surface area contributed by atoms with Crippen molar-refractivity contribution in [3.05, 3.63) is 29.6 Å². The van der Waals surface area contributed by atoms with Crippen LogP contribution in [0.5, 0.6) is 5.75 Å². The fourth-order valence-electron chi connectivity index (χ4n) is 2.10. The lowest BCUT2D eigenvalue weighted by Gasteiger charge is -2.31. The Morgan fingerprint density at radius 2 is 2.32 bits per heavy atom. The van der Waals surface area contributed by atoms with Crippen molar-refractivity contribution in [2.45, 2.75) is 18.9 Å². The third-order valence-electron chi connectivity index (χ3n) is 3.04. The number of amides is 1. The van der Waals surface area contributed by atoms with Gasteiger partial charge >= 0.3 is 6.09 Å². The van der Waals surface area contributed by atoms with E-state index in [1.54, 1.807) is 0 Å². The van der Waals surface area contributed by atoms with Gasteiger partial charge < -0.3 is 14.7 Å². The molecule has 1 unspecified atom stereocenters. The number of benzene rings is 1. The Kier molecular flexibility index (Phi) is 3.99. The number of hydrogen-bond acceptors (Lipinski definition) is 3. The molecule has 1 atom stereocenters. The minimum atomic E-state index is -0.997. The SMILES string of the molecule is O=Cc1ccc(F)cc1OC1CCCN(C(=O)O)C1. The van der Waals surface area contributed by atoms with Crippen LogP contribution in [0.15, 0.2) is 18.2 Å². The van der Waals surface area contributed by atoms with Crippen LogP contribution in [-0.2, 0) is 0 Å². The van der Waals surface area contributed by atoms with Crippen molar-refractivity contribution in [3.8, 4) is 5.75 Å². The summed E-state index contributed by atoms with van der Waals surface area (Å²) in [6.07, 6.45) is 0.599. The Balaban J connectivity index is 2.10. The second kappa shape index (κ2) is 5.69. The molecule has 0 aliphatic carbocycles. The molecule has 0 bridgehead atoms. The van der Waals surface area contributed by atoms with Gasteiger partial charge in [-0.25, -0.2) is 9.18 Å². The standard InChI is InChI=1S/C13H14FNO4/c14-10-4-3-9(8-16)12(6-10)19-11-2-1-5-15(7-11)13(17)18/h3-4,6,8,11H,1-2,5,7H2,(H,17,18). The first-order valence-electron chi connectivity index (χ1n) is 5.99. The van der Waals surface area contributed by atoms with Gasteiger partial charge in [0.05, 0.1) is 12.1 Å². The molecular formula is C13H14FNO4. The number of carbonyl (C=O) groups excluding carboxylic acids is 1. The molecular weight excluding hydrogens is 253 g/mol. The van der Waals surface area contributed by atoms with Gasteiger partial charge in [0.1, 0.15) is 17.7 Å². The summed E-state index contributed by atoms with van der Waals surface area (Å²) in [4.78, 5) is 23.0. The molecule has 19 heavy (non-hydrogen) atoms. The lowest BCUT2D eigenvalue weighted by Crippen LogP contribution is -2.43. The second-order valence-electron chi connectivity index (χ2n) is 4.41. The van der Waals surface area contributed by atoms with Gasteiger partial charge in [-0.2, -0.15) is 0 Å². The summed E-state index contributed by atoms with van der Waals surface area (Å²) in [5.74, 6) is -0.335. The summed E-state index contributed by atoms with van der Waals surface area (Å²) in [5, 5.41) is 8.92. The number of nitrogens with zero attached hydrogens (tertiary/aromatic N) is 1. The number of likely N-dealkylation sites (tertiary alicyclic amines) is 1. The van der Waals surface area contributed by atoms with Gasteiger partial charge in [-0.15, -0.1) is 0 Å². The first kappa shape index (κ1) is 13.3. The zero-order valence-corrected chi connectivity index (χ0v) is 10.2. The lowest BCUT2D eigenvalue weighted by molar-refractivity contribution is 0.0781. The van der Waals surface area contributed by atoms with Gasteiger partial charge in [0, 0.05) is 12.6 Å². The largest absolute Gasteiger partial charge is 0.488 e. The molecule has 2 rings (SSSR count). The Labute approximate surface area is 109 Å². The fraction of sp³-hybridized carbons (Fsp3) is 0.385. The quantitative estimate of drug-likeness (QED) is 0.852. The molecule has 102 valence electrons. The topological polar surface area (TPSA) is 66.8 Å². The molecule has 1 aromatic rings. The highest BCUT2D eigenvalue weighted by atomic mass is 19.1. The van der Waals surface area contributed by atoms with Crippen LogP contribution in [0.3, 0.4) is 0 Å². The van der Waals surface area contributed by atoms with Crippen LogP contribution >= 0.6 is 0 Å². The average Bonchev–Trinajstić information content (AvgIpc) is 2.39. The summed E-state index contributed by atoms with van der Waals surface area (Å²) in [6.45, 7) is 0.697. The van der Waals surface area contributed by atoms with Crippen LogP contribution in [0.4, 0.5) is 9.18 Å². The number of rotatable bonds is 3. The van der Waals surface area contributed by atoms with Crippen LogP contribution in [0.2, 0.25) is 0 Å². The van der Waals surface area contributed by atoms with Gasteiger partial charge in [0.25, 0.3) is 0 Å². The predicted molar refractivity (Wildman–Crippen MR) is 65.0 cm³/mol. The zero-order valence-electron chi connectivity index (χ0n) is 10.2. The molecule has 1 amide bonds. The highest BCUT2D eigenvalue weighted by Gasteiger charge is 2.25. The van der Waals surface area contributed by atoms with E-state index < -0.39 is 11.9 Å². The number of carboxylic acid groups (broad SMARTS) is 1. The van der Waals surface area contributed by atoms with Crippen LogP contribution in [-0.4, -0.2) is 41.6 Å². The number of halogens is 1. The summed E-state index contributed by atoms with van der Waals surface area (Å²) in [5.41, 5.74) is 0.258. The van der Waals surface area contributed by atoms with E-state index in [2.05, 4.69) is 0 Å². The summed E-state index contributed by atoms with van der Waals surface area (Å²) in [6, 6.07) is 3.67. The lowest BCUT2D eigenvalue weighted by atomic mass is 10.1. The summed E-state index contributed by atoms with van der Waals surface area (Å²) < 4.78 is 18.7. The maximum atomic E-state index is 13.1. The van der Waals surface area contributed by atoms with Crippen molar-refractivity contribution in [2.75, 3.05) is 13.1 Å². The minimum absolute atomic E-state index is 0.159. The van der Waals surface area contributed by atoms with Crippen LogP contribution in [0, 0.1) is 5.82 Å². The van der Waals surface area contributed by atoms with Gasteiger partial charge in [-0.1, -0.05) is 0 Å².